The van der Waals surface area contributed by atoms with Gasteiger partial charge in [0.15, 0.2) is 5.82 Å². The van der Waals surface area contributed by atoms with E-state index in [0.717, 1.165) is 33.1 Å². The summed E-state index contributed by atoms with van der Waals surface area (Å²) in [4.78, 5) is 19.2. The fourth-order valence-electron chi connectivity index (χ4n) is 3.71. The molecule has 1 saturated heterocycles. The third-order valence-electron chi connectivity index (χ3n) is 5.25. The van der Waals surface area contributed by atoms with Gasteiger partial charge in [-0.3, -0.25) is 4.90 Å². The van der Waals surface area contributed by atoms with Crippen LogP contribution in [0.1, 0.15) is 51.9 Å². The molecule has 2 heterocycles. The molecule has 27 heavy (non-hydrogen) atoms. The van der Waals surface area contributed by atoms with Crippen LogP contribution in [0.15, 0.2) is 30.5 Å². The van der Waals surface area contributed by atoms with E-state index in [2.05, 4.69) is 27.6 Å². The number of nitrogens with zero attached hydrogens (tertiary/aromatic N) is 3. The molecule has 1 spiro atoms. The number of halogens is 1. The summed E-state index contributed by atoms with van der Waals surface area (Å²) in [6, 6.07) is 7.71. The molecule has 1 aliphatic carbocycles. The van der Waals surface area contributed by atoms with Crippen molar-refractivity contribution in [3.8, 4) is 11.3 Å². The fraction of sp³-hybridized carbons (Fsp3) is 0.500. The predicted octanol–water partition coefficient (Wildman–Crippen LogP) is 4.85. The van der Waals surface area contributed by atoms with Gasteiger partial charge in [0.1, 0.15) is 5.60 Å². The summed E-state index contributed by atoms with van der Waals surface area (Å²) in [5.74, 6) is 0.498. The van der Waals surface area contributed by atoms with E-state index in [-0.39, 0.29) is 17.6 Å². The van der Waals surface area contributed by atoms with Crippen molar-refractivity contribution < 1.29 is 14.7 Å². The molecule has 1 aromatic heterocycles. The van der Waals surface area contributed by atoms with E-state index >= 15 is 0 Å². The summed E-state index contributed by atoms with van der Waals surface area (Å²) >= 11 is 2.26. The molecule has 0 bridgehead atoms. The standard InChI is InChI=1S/C20H24IN3O3/c1-19(2,3)27-18(25)23-12-20(8-9-20)10-16(23)17-22-15(11-24(17)26)13-4-6-14(21)7-5-13/h4-7,11,16,26H,8-10,12H2,1-3H3. The highest BCUT2D eigenvalue weighted by molar-refractivity contribution is 14.1. The van der Waals surface area contributed by atoms with Gasteiger partial charge in [0.2, 0.25) is 0 Å². The number of benzene rings is 1. The summed E-state index contributed by atoms with van der Waals surface area (Å²) in [5.41, 5.74) is 1.25. The van der Waals surface area contributed by atoms with Crippen LogP contribution in [0.3, 0.4) is 0 Å². The maximum Gasteiger partial charge on any atom is 0.410 e. The lowest BCUT2D eigenvalue weighted by atomic mass is 10.0. The zero-order valence-electron chi connectivity index (χ0n) is 15.8. The van der Waals surface area contributed by atoms with Gasteiger partial charge in [-0.1, -0.05) is 12.1 Å². The van der Waals surface area contributed by atoms with Gasteiger partial charge >= 0.3 is 6.09 Å². The van der Waals surface area contributed by atoms with Crippen molar-refractivity contribution in [1.29, 1.82) is 0 Å². The molecule has 1 aliphatic heterocycles. The molecule has 2 aromatic rings. The molecule has 0 radical (unpaired) electrons. The highest BCUT2D eigenvalue weighted by Gasteiger charge is 2.55. The Bertz CT molecular complexity index is 866. The number of rotatable bonds is 2. The summed E-state index contributed by atoms with van der Waals surface area (Å²) in [5, 5.41) is 10.5. The number of likely N-dealkylation sites (tertiary alicyclic amines) is 1. The smallest absolute Gasteiger partial charge is 0.410 e. The van der Waals surface area contributed by atoms with Crippen molar-refractivity contribution in [3.05, 3.63) is 39.9 Å². The van der Waals surface area contributed by atoms with Gasteiger partial charge in [-0.15, -0.1) is 0 Å². The van der Waals surface area contributed by atoms with Crippen LogP contribution in [0.5, 0.6) is 0 Å². The Morgan fingerprint density at radius 2 is 1.96 bits per heavy atom. The lowest BCUT2D eigenvalue weighted by Gasteiger charge is -2.28. The molecule has 1 aromatic carbocycles. The van der Waals surface area contributed by atoms with Crippen LogP contribution >= 0.6 is 22.6 Å². The van der Waals surface area contributed by atoms with Gasteiger partial charge in [-0.25, -0.2) is 9.78 Å². The van der Waals surface area contributed by atoms with Crippen LogP contribution in [0.2, 0.25) is 0 Å². The fourth-order valence-corrected chi connectivity index (χ4v) is 4.07. The first kappa shape index (κ1) is 18.6. The number of carbonyl (C=O) groups excluding carboxylic acids is 1. The zero-order chi connectivity index (χ0) is 19.4. The van der Waals surface area contributed by atoms with Crippen LogP contribution in [0, 0.1) is 8.99 Å². The second kappa shape index (κ2) is 6.39. The van der Waals surface area contributed by atoms with Gasteiger partial charge < -0.3 is 9.94 Å². The number of amides is 1. The average Bonchev–Trinajstić information content (AvgIpc) is 3.04. The van der Waals surface area contributed by atoms with Crippen molar-refractivity contribution in [1.82, 2.24) is 14.6 Å². The Hall–Kier alpha value is -1.77. The van der Waals surface area contributed by atoms with E-state index < -0.39 is 5.60 Å². The van der Waals surface area contributed by atoms with E-state index in [1.807, 2.05) is 45.0 Å². The van der Waals surface area contributed by atoms with Crippen LogP contribution in [-0.4, -0.2) is 38.1 Å². The van der Waals surface area contributed by atoms with E-state index in [4.69, 9.17) is 4.74 Å². The maximum absolute atomic E-state index is 12.8. The Balaban J connectivity index is 1.64. The highest BCUT2D eigenvalue weighted by atomic mass is 127. The average molecular weight is 481 g/mol. The van der Waals surface area contributed by atoms with Gasteiger partial charge in [-0.2, -0.15) is 4.73 Å². The molecule has 1 N–H and O–H groups in total. The molecule has 4 rings (SSSR count). The monoisotopic (exact) mass is 481 g/mol. The molecule has 7 heteroatoms. The van der Waals surface area contributed by atoms with Gasteiger partial charge in [0, 0.05) is 15.7 Å². The van der Waals surface area contributed by atoms with Crippen LogP contribution < -0.4 is 0 Å². The Morgan fingerprint density at radius 1 is 1.30 bits per heavy atom. The van der Waals surface area contributed by atoms with E-state index in [1.165, 1.54) is 0 Å². The molecule has 2 aliphatic rings. The molecule has 1 atom stereocenters. The van der Waals surface area contributed by atoms with Crippen molar-refractivity contribution in [2.45, 2.75) is 51.7 Å². The lowest BCUT2D eigenvalue weighted by Crippen LogP contribution is -2.37. The molecular weight excluding hydrogens is 457 g/mol. The second-order valence-corrected chi connectivity index (χ2v) is 9.91. The summed E-state index contributed by atoms with van der Waals surface area (Å²) in [6.07, 6.45) is 4.31. The van der Waals surface area contributed by atoms with E-state index in [1.54, 1.807) is 11.1 Å². The first-order valence-corrected chi connectivity index (χ1v) is 10.3. The van der Waals surface area contributed by atoms with Gasteiger partial charge in [0.05, 0.1) is 17.9 Å². The minimum Gasteiger partial charge on any atom is -0.444 e. The molecule has 1 unspecified atom stereocenters. The molecule has 1 amide bonds. The largest absolute Gasteiger partial charge is 0.444 e. The van der Waals surface area contributed by atoms with Crippen LogP contribution in [0.4, 0.5) is 4.79 Å². The molecule has 2 fully saturated rings. The topological polar surface area (TPSA) is 67.6 Å². The third-order valence-corrected chi connectivity index (χ3v) is 5.96. The predicted molar refractivity (Wildman–Crippen MR) is 110 cm³/mol. The number of ether oxygens (including phenoxy) is 1. The van der Waals surface area contributed by atoms with Crippen molar-refractivity contribution >= 4 is 28.7 Å². The van der Waals surface area contributed by atoms with E-state index in [0.29, 0.717) is 18.1 Å². The Morgan fingerprint density at radius 3 is 2.56 bits per heavy atom. The Labute approximate surface area is 172 Å². The minimum absolute atomic E-state index is 0.163. The minimum atomic E-state index is -0.554. The van der Waals surface area contributed by atoms with Crippen molar-refractivity contribution in [3.63, 3.8) is 0 Å². The molecule has 144 valence electrons. The van der Waals surface area contributed by atoms with E-state index in [9.17, 15) is 10.0 Å². The first-order valence-electron chi connectivity index (χ1n) is 9.20. The number of carbonyl (C=O) groups is 1. The number of imidazole rings is 1. The third kappa shape index (κ3) is 3.79. The molecular formula is C20H24IN3O3. The molecule has 1 saturated carbocycles. The zero-order valence-corrected chi connectivity index (χ0v) is 17.9. The summed E-state index contributed by atoms with van der Waals surface area (Å²) in [6.45, 7) is 6.26. The highest BCUT2D eigenvalue weighted by Crippen LogP contribution is 2.58. The first-order chi connectivity index (χ1) is 12.7. The summed E-state index contributed by atoms with van der Waals surface area (Å²) in [7, 11) is 0. The van der Waals surface area contributed by atoms with Crippen molar-refractivity contribution in [2.75, 3.05) is 6.54 Å². The second-order valence-electron chi connectivity index (χ2n) is 8.66. The lowest BCUT2D eigenvalue weighted by molar-refractivity contribution is 0.0194. The normalized spacial score (nSPS) is 20.9. The number of hydrogen-bond acceptors (Lipinski definition) is 4. The Kier molecular flexibility index (Phi) is 4.40. The maximum atomic E-state index is 12.8. The SMILES string of the molecule is CC(C)(C)OC(=O)N1CC2(CC2)CC1c1nc(-c2ccc(I)cc2)cn1O. The number of hydrogen-bond donors (Lipinski definition) is 1. The van der Waals surface area contributed by atoms with Crippen LogP contribution in [-0.2, 0) is 4.74 Å². The quantitative estimate of drug-likeness (QED) is 0.492. The van der Waals surface area contributed by atoms with Gasteiger partial charge in [-0.05, 0) is 80.2 Å². The number of aromatic nitrogens is 2. The van der Waals surface area contributed by atoms with Gasteiger partial charge in [0.25, 0.3) is 0 Å². The molecule has 6 nitrogen and oxygen atoms in total. The summed E-state index contributed by atoms with van der Waals surface area (Å²) < 4.78 is 7.81. The van der Waals surface area contributed by atoms with Crippen LogP contribution in [0.25, 0.3) is 11.3 Å². The van der Waals surface area contributed by atoms with Crippen molar-refractivity contribution in [2.24, 2.45) is 5.41 Å².